The monoisotopic (exact) mass is 186 g/mol. The molecular formula is C12H14N2. The number of aromatic nitrogens is 1. The fourth-order valence-electron chi connectivity index (χ4n) is 0.877. The summed E-state index contributed by atoms with van der Waals surface area (Å²) in [4.78, 5) is 8.23. The number of hydrogen-bond acceptors (Lipinski definition) is 2. The molecule has 1 rings (SSSR count). The van der Waals surface area contributed by atoms with Gasteiger partial charge in [-0.15, -0.1) is 0 Å². The normalized spacial score (nSPS) is 11.3. The molecule has 0 atom stereocenters. The van der Waals surface area contributed by atoms with Crippen molar-refractivity contribution in [3.05, 3.63) is 47.9 Å². The van der Waals surface area contributed by atoms with E-state index >= 15 is 0 Å². The van der Waals surface area contributed by atoms with Crippen LogP contribution in [-0.4, -0.2) is 11.2 Å². The Bertz CT molecular complexity index is 358. The fraction of sp³-hybridized carbons (Fsp3) is 0.167. The maximum absolute atomic E-state index is 4.17. The Morgan fingerprint density at radius 2 is 2.29 bits per heavy atom. The molecule has 0 unspecified atom stereocenters. The highest BCUT2D eigenvalue weighted by Crippen LogP contribution is 2.01. The lowest BCUT2D eigenvalue weighted by Gasteiger charge is -1.92. The van der Waals surface area contributed by atoms with E-state index in [9.17, 15) is 0 Å². The van der Waals surface area contributed by atoms with Crippen LogP contribution >= 0.6 is 0 Å². The third-order valence-electron chi connectivity index (χ3n) is 1.58. The van der Waals surface area contributed by atoms with Crippen LogP contribution < -0.4 is 0 Å². The minimum absolute atomic E-state index is 0.941. The summed E-state index contributed by atoms with van der Waals surface area (Å²) in [5.41, 5.74) is 3.01. The Hall–Kier alpha value is -1.70. The van der Waals surface area contributed by atoms with Crippen LogP contribution in [0.1, 0.15) is 18.2 Å². The van der Waals surface area contributed by atoms with Gasteiger partial charge in [0.05, 0.1) is 0 Å². The van der Waals surface area contributed by atoms with Crippen LogP contribution in [0.5, 0.6) is 0 Å². The lowest BCUT2D eigenvalue weighted by Crippen LogP contribution is -1.79. The van der Waals surface area contributed by atoms with Crippen molar-refractivity contribution in [1.82, 2.24) is 4.98 Å². The summed E-state index contributed by atoms with van der Waals surface area (Å²) >= 11 is 0. The molecule has 2 nitrogen and oxygen atoms in total. The fourth-order valence-corrected chi connectivity index (χ4v) is 0.877. The molecule has 0 amide bonds. The van der Waals surface area contributed by atoms with Gasteiger partial charge in [-0.2, -0.15) is 0 Å². The Balaban J connectivity index is 2.60. The van der Waals surface area contributed by atoms with E-state index in [-0.39, 0.29) is 0 Å². The van der Waals surface area contributed by atoms with Gasteiger partial charge in [0, 0.05) is 24.3 Å². The van der Waals surface area contributed by atoms with E-state index in [1.54, 1.807) is 12.4 Å². The number of aryl methyl sites for hydroxylation is 1. The lowest BCUT2D eigenvalue weighted by atomic mass is 10.2. The van der Waals surface area contributed by atoms with Gasteiger partial charge in [-0.25, -0.2) is 0 Å². The molecular weight excluding hydrogens is 172 g/mol. The number of rotatable bonds is 3. The molecule has 0 saturated heterocycles. The van der Waals surface area contributed by atoms with Gasteiger partial charge >= 0.3 is 0 Å². The van der Waals surface area contributed by atoms with Crippen LogP contribution in [0.15, 0.2) is 41.7 Å². The van der Waals surface area contributed by atoms with Crippen LogP contribution in [0.25, 0.3) is 6.08 Å². The maximum atomic E-state index is 4.17. The highest BCUT2D eigenvalue weighted by molar-refractivity contribution is 5.77. The second kappa shape index (κ2) is 5.12. The van der Waals surface area contributed by atoms with Crippen molar-refractivity contribution in [1.29, 1.82) is 0 Å². The number of aliphatic imine (C=N–C) groups is 1. The van der Waals surface area contributed by atoms with Crippen LogP contribution in [0.3, 0.4) is 0 Å². The summed E-state index contributed by atoms with van der Waals surface area (Å²) < 4.78 is 0. The zero-order chi connectivity index (χ0) is 10.4. The van der Waals surface area contributed by atoms with Crippen molar-refractivity contribution in [3.8, 4) is 0 Å². The van der Waals surface area contributed by atoms with Crippen molar-refractivity contribution in [3.63, 3.8) is 0 Å². The van der Waals surface area contributed by atoms with Crippen molar-refractivity contribution in [2.24, 2.45) is 4.99 Å². The quantitative estimate of drug-likeness (QED) is 0.666. The SMILES string of the molecule is C=C(C)/C=N\C=C\c1ccc(C)nc1. The summed E-state index contributed by atoms with van der Waals surface area (Å²) in [5.74, 6) is 0. The Morgan fingerprint density at radius 3 is 2.86 bits per heavy atom. The summed E-state index contributed by atoms with van der Waals surface area (Å²) in [6.07, 6.45) is 7.19. The van der Waals surface area contributed by atoms with Gasteiger partial charge in [0.2, 0.25) is 0 Å². The molecule has 1 aromatic heterocycles. The largest absolute Gasteiger partial charge is 0.264 e. The molecule has 0 aliphatic rings. The molecule has 1 aromatic rings. The van der Waals surface area contributed by atoms with Gasteiger partial charge in [0.15, 0.2) is 0 Å². The highest BCUT2D eigenvalue weighted by atomic mass is 14.7. The van der Waals surface area contributed by atoms with Crippen LogP contribution in [0.4, 0.5) is 0 Å². The highest BCUT2D eigenvalue weighted by Gasteiger charge is 1.85. The van der Waals surface area contributed by atoms with Gasteiger partial charge in [-0.05, 0) is 37.1 Å². The van der Waals surface area contributed by atoms with Crippen LogP contribution in [-0.2, 0) is 0 Å². The van der Waals surface area contributed by atoms with Gasteiger partial charge in [0.25, 0.3) is 0 Å². The smallest absolute Gasteiger partial charge is 0.0373 e. The molecule has 72 valence electrons. The Labute approximate surface area is 84.7 Å². The van der Waals surface area contributed by atoms with Crippen molar-refractivity contribution in [2.45, 2.75) is 13.8 Å². The predicted octanol–water partition coefficient (Wildman–Crippen LogP) is 3.01. The summed E-state index contributed by atoms with van der Waals surface area (Å²) in [7, 11) is 0. The van der Waals surface area contributed by atoms with Gasteiger partial charge in [0.1, 0.15) is 0 Å². The van der Waals surface area contributed by atoms with Crippen LogP contribution in [0.2, 0.25) is 0 Å². The molecule has 1 heterocycles. The zero-order valence-electron chi connectivity index (χ0n) is 8.57. The third kappa shape index (κ3) is 3.81. The number of allylic oxidation sites excluding steroid dienone is 1. The number of nitrogens with zero attached hydrogens (tertiary/aromatic N) is 2. The third-order valence-corrected chi connectivity index (χ3v) is 1.58. The lowest BCUT2D eigenvalue weighted by molar-refractivity contribution is 1.19. The molecule has 0 fully saturated rings. The van der Waals surface area contributed by atoms with E-state index in [0.717, 1.165) is 16.8 Å². The van der Waals surface area contributed by atoms with Crippen molar-refractivity contribution < 1.29 is 0 Å². The minimum Gasteiger partial charge on any atom is -0.264 e. The molecule has 0 aliphatic heterocycles. The zero-order valence-corrected chi connectivity index (χ0v) is 8.57. The van der Waals surface area contributed by atoms with Gasteiger partial charge < -0.3 is 0 Å². The molecule has 0 bridgehead atoms. The minimum atomic E-state index is 0.941. The first kappa shape index (κ1) is 10.4. The van der Waals surface area contributed by atoms with Gasteiger partial charge in [-0.1, -0.05) is 12.6 Å². The van der Waals surface area contributed by atoms with E-state index < -0.39 is 0 Å². The van der Waals surface area contributed by atoms with E-state index in [1.807, 2.05) is 38.3 Å². The first-order valence-electron chi connectivity index (χ1n) is 4.46. The van der Waals surface area contributed by atoms with Crippen LogP contribution in [0, 0.1) is 6.92 Å². The molecule has 0 radical (unpaired) electrons. The average Bonchev–Trinajstić information content (AvgIpc) is 2.15. The topological polar surface area (TPSA) is 25.2 Å². The second-order valence-corrected chi connectivity index (χ2v) is 3.17. The second-order valence-electron chi connectivity index (χ2n) is 3.17. The van der Waals surface area contributed by atoms with E-state index in [4.69, 9.17) is 0 Å². The Kier molecular flexibility index (Phi) is 3.80. The molecule has 14 heavy (non-hydrogen) atoms. The first-order valence-corrected chi connectivity index (χ1v) is 4.46. The van der Waals surface area contributed by atoms with E-state index in [0.29, 0.717) is 0 Å². The molecule has 0 saturated carbocycles. The maximum Gasteiger partial charge on any atom is 0.0373 e. The summed E-state index contributed by atoms with van der Waals surface area (Å²) in [6.45, 7) is 7.59. The molecule has 2 heteroatoms. The molecule has 0 aliphatic carbocycles. The first-order chi connectivity index (χ1) is 6.68. The van der Waals surface area contributed by atoms with Crippen molar-refractivity contribution in [2.75, 3.05) is 0 Å². The number of hydrogen-bond donors (Lipinski definition) is 0. The molecule has 0 aromatic carbocycles. The summed E-state index contributed by atoms with van der Waals surface area (Å²) in [6, 6.07) is 3.98. The van der Waals surface area contributed by atoms with E-state index in [1.165, 1.54) is 0 Å². The van der Waals surface area contributed by atoms with Crippen molar-refractivity contribution >= 4 is 12.3 Å². The number of pyridine rings is 1. The summed E-state index contributed by atoms with van der Waals surface area (Å²) in [5, 5.41) is 0. The van der Waals surface area contributed by atoms with E-state index in [2.05, 4.69) is 16.6 Å². The average molecular weight is 186 g/mol. The predicted molar refractivity (Wildman–Crippen MR) is 61.3 cm³/mol. The standard InChI is InChI=1S/C12H14N2/c1-10(2)8-13-7-6-12-5-4-11(3)14-9-12/h4-9H,1H2,2-3H3/b7-6+,13-8-. The molecule has 0 spiro atoms. The van der Waals surface area contributed by atoms with Gasteiger partial charge in [-0.3, -0.25) is 9.98 Å². The molecule has 0 N–H and O–H groups in total. The Morgan fingerprint density at radius 1 is 1.50 bits per heavy atom.